The molecule has 0 atom stereocenters. The van der Waals surface area contributed by atoms with Crippen LogP contribution in [0.2, 0.25) is 0 Å². The molecule has 0 aliphatic heterocycles. The number of halogens is 4. The van der Waals surface area contributed by atoms with Gasteiger partial charge in [-0.1, -0.05) is 0 Å². The molecule has 0 radical (unpaired) electrons. The fourth-order valence-electron chi connectivity index (χ4n) is 0.522. The van der Waals surface area contributed by atoms with Crippen LogP contribution in [0.1, 0.15) is 5.56 Å². The van der Waals surface area contributed by atoms with Gasteiger partial charge in [-0.25, -0.2) is 0 Å². The van der Waals surface area contributed by atoms with Gasteiger partial charge in [0.15, 0.2) is 0 Å². The lowest BCUT2D eigenvalue weighted by Gasteiger charge is -2.01. The number of hydrogen-bond acceptors (Lipinski definition) is 2. The third-order valence-corrected chi connectivity index (χ3v) is 0.974. The Morgan fingerprint density at radius 1 is 1.45 bits per heavy atom. The second-order valence-corrected chi connectivity index (χ2v) is 1.70. The van der Waals surface area contributed by atoms with Crippen LogP contribution in [0.3, 0.4) is 0 Å². The molecule has 64 valence electrons. The summed E-state index contributed by atoms with van der Waals surface area (Å²) in [6.07, 6.45) is -3.76. The zero-order valence-corrected chi connectivity index (χ0v) is 5.96. The molecular weight excluding hydrogens is 183 g/mol. The van der Waals surface area contributed by atoms with Gasteiger partial charge in [0.1, 0.15) is 11.4 Å². The predicted octanol–water partition coefficient (Wildman–Crippen LogP) is 1.43. The maximum atomic E-state index is 11.7. The van der Waals surface area contributed by atoms with E-state index >= 15 is 0 Å². The van der Waals surface area contributed by atoms with Crippen LogP contribution in [-0.2, 0) is 6.18 Å². The average Bonchev–Trinajstić information content (AvgIpc) is 2.11. The molecule has 1 heterocycles. The van der Waals surface area contributed by atoms with Crippen LogP contribution in [0.25, 0.3) is 0 Å². The summed E-state index contributed by atoms with van der Waals surface area (Å²) in [7, 11) is 0. The number of aromatic nitrogens is 2. The Kier molecular flexibility index (Phi) is 2.75. The molecule has 0 spiro atoms. The summed E-state index contributed by atoms with van der Waals surface area (Å²) >= 11 is 0. The normalized spacial score (nSPS) is 10.8. The van der Waals surface area contributed by atoms with Gasteiger partial charge in [0.25, 0.3) is 0 Å². The highest BCUT2D eigenvalue weighted by molar-refractivity contribution is 5.85. The van der Waals surface area contributed by atoms with Crippen LogP contribution < -0.4 is 5.73 Å². The van der Waals surface area contributed by atoms with Crippen LogP contribution in [0.4, 0.5) is 19.0 Å². The van der Waals surface area contributed by atoms with Gasteiger partial charge in [-0.2, -0.15) is 18.3 Å². The Balaban J connectivity index is 0.000001000. The SMILES string of the molecule is Cl.Nc1[nH]ncc1C(F)(F)F. The number of rotatable bonds is 0. The van der Waals surface area contributed by atoms with E-state index in [1.807, 2.05) is 5.10 Å². The first-order valence-electron chi connectivity index (χ1n) is 2.38. The summed E-state index contributed by atoms with van der Waals surface area (Å²) in [4.78, 5) is 0. The number of alkyl halides is 3. The lowest BCUT2D eigenvalue weighted by molar-refractivity contribution is -0.136. The van der Waals surface area contributed by atoms with E-state index in [4.69, 9.17) is 5.73 Å². The van der Waals surface area contributed by atoms with Crippen LogP contribution in [0.5, 0.6) is 0 Å². The summed E-state index contributed by atoms with van der Waals surface area (Å²) in [5.41, 5.74) is 3.97. The number of nitrogens with two attached hydrogens (primary N) is 1. The quantitative estimate of drug-likeness (QED) is 0.646. The van der Waals surface area contributed by atoms with Gasteiger partial charge in [-0.15, -0.1) is 12.4 Å². The third kappa shape index (κ3) is 2.01. The van der Waals surface area contributed by atoms with E-state index in [9.17, 15) is 13.2 Å². The van der Waals surface area contributed by atoms with Crippen LogP contribution >= 0.6 is 12.4 Å². The van der Waals surface area contributed by atoms with Crippen molar-refractivity contribution in [1.82, 2.24) is 10.2 Å². The Morgan fingerprint density at radius 2 is 2.00 bits per heavy atom. The number of hydrogen-bond donors (Lipinski definition) is 2. The molecule has 0 saturated carbocycles. The molecule has 0 fully saturated rings. The molecule has 3 nitrogen and oxygen atoms in total. The van der Waals surface area contributed by atoms with Crippen molar-refractivity contribution in [1.29, 1.82) is 0 Å². The monoisotopic (exact) mass is 187 g/mol. The predicted molar refractivity (Wildman–Crippen MR) is 35.3 cm³/mol. The number of nitrogen functional groups attached to an aromatic ring is 1. The van der Waals surface area contributed by atoms with Gasteiger partial charge in [0.05, 0.1) is 6.20 Å². The fraction of sp³-hybridized carbons (Fsp3) is 0.250. The van der Waals surface area contributed by atoms with Crippen molar-refractivity contribution in [2.24, 2.45) is 0 Å². The molecular formula is C4H5ClF3N3. The fourth-order valence-corrected chi connectivity index (χ4v) is 0.522. The Hall–Kier alpha value is -0.910. The lowest BCUT2D eigenvalue weighted by Crippen LogP contribution is -2.06. The molecule has 0 bridgehead atoms. The number of H-pyrrole nitrogens is 1. The summed E-state index contributed by atoms with van der Waals surface area (Å²) in [6, 6.07) is 0. The first-order valence-corrected chi connectivity index (χ1v) is 2.38. The van der Waals surface area contributed by atoms with Crippen molar-refractivity contribution in [3.05, 3.63) is 11.8 Å². The minimum absolute atomic E-state index is 0. The van der Waals surface area contributed by atoms with Crippen molar-refractivity contribution in [3.8, 4) is 0 Å². The number of aromatic amines is 1. The van der Waals surface area contributed by atoms with E-state index < -0.39 is 17.6 Å². The molecule has 0 amide bonds. The summed E-state index contributed by atoms with van der Waals surface area (Å²) < 4.78 is 35.2. The topological polar surface area (TPSA) is 54.7 Å². The smallest absolute Gasteiger partial charge is 0.384 e. The molecule has 0 saturated heterocycles. The number of nitrogens with one attached hydrogen (secondary N) is 1. The number of nitrogens with zero attached hydrogens (tertiary/aromatic N) is 1. The van der Waals surface area contributed by atoms with Gasteiger partial charge in [-0.05, 0) is 0 Å². The van der Waals surface area contributed by atoms with Gasteiger partial charge in [0.2, 0.25) is 0 Å². The Labute approximate surface area is 66.2 Å². The summed E-state index contributed by atoms with van der Waals surface area (Å²) in [5, 5.41) is 5.10. The maximum Gasteiger partial charge on any atom is 0.421 e. The summed E-state index contributed by atoms with van der Waals surface area (Å²) in [6.45, 7) is 0. The molecule has 3 N–H and O–H groups in total. The zero-order chi connectivity index (χ0) is 7.78. The average molecular weight is 188 g/mol. The van der Waals surface area contributed by atoms with E-state index in [1.165, 1.54) is 0 Å². The van der Waals surface area contributed by atoms with Gasteiger partial charge < -0.3 is 5.73 Å². The van der Waals surface area contributed by atoms with Crippen molar-refractivity contribution in [3.63, 3.8) is 0 Å². The Bertz CT molecular complexity index is 231. The number of anilines is 1. The van der Waals surface area contributed by atoms with Crippen molar-refractivity contribution < 1.29 is 13.2 Å². The first kappa shape index (κ1) is 10.1. The standard InChI is InChI=1S/C4H4F3N3.ClH/c5-4(6,7)2-1-9-10-3(2)8;/h1H,(H3,8,9,10);1H. The van der Waals surface area contributed by atoms with Gasteiger partial charge in [-0.3, -0.25) is 5.10 Å². The maximum absolute atomic E-state index is 11.7. The van der Waals surface area contributed by atoms with E-state index in [-0.39, 0.29) is 12.4 Å². The van der Waals surface area contributed by atoms with Gasteiger partial charge in [0, 0.05) is 0 Å². The Morgan fingerprint density at radius 3 is 2.18 bits per heavy atom. The highest BCUT2D eigenvalue weighted by Crippen LogP contribution is 2.31. The molecule has 1 aromatic rings. The third-order valence-electron chi connectivity index (χ3n) is 0.974. The highest BCUT2D eigenvalue weighted by atomic mass is 35.5. The minimum Gasteiger partial charge on any atom is -0.384 e. The van der Waals surface area contributed by atoms with Gasteiger partial charge >= 0.3 is 6.18 Å². The molecule has 7 heteroatoms. The first-order chi connectivity index (χ1) is 4.52. The van der Waals surface area contributed by atoms with Crippen LogP contribution in [0, 0.1) is 0 Å². The molecule has 0 unspecified atom stereocenters. The molecule has 0 aliphatic carbocycles. The second-order valence-electron chi connectivity index (χ2n) is 1.70. The van der Waals surface area contributed by atoms with Crippen LogP contribution in [0.15, 0.2) is 6.20 Å². The van der Waals surface area contributed by atoms with E-state index in [0.29, 0.717) is 6.20 Å². The molecule has 0 aliphatic rings. The molecule has 1 rings (SSSR count). The summed E-state index contributed by atoms with van der Waals surface area (Å²) in [5.74, 6) is -0.451. The van der Waals surface area contributed by atoms with Crippen molar-refractivity contribution in [2.45, 2.75) is 6.18 Å². The molecule has 11 heavy (non-hydrogen) atoms. The van der Waals surface area contributed by atoms with Crippen LogP contribution in [-0.4, -0.2) is 10.2 Å². The zero-order valence-electron chi connectivity index (χ0n) is 5.14. The van der Waals surface area contributed by atoms with E-state index in [2.05, 4.69) is 5.10 Å². The highest BCUT2D eigenvalue weighted by Gasteiger charge is 2.34. The minimum atomic E-state index is -4.41. The molecule has 1 aromatic heterocycles. The second kappa shape index (κ2) is 3.00. The molecule has 0 aromatic carbocycles. The van der Waals surface area contributed by atoms with Crippen molar-refractivity contribution in [2.75, 3.05) is 5.73 Å². The van der Waals surface area contributed by atoms with E-state index in [1.54, 1.807) is 0 Å². The van der Waals surface area contributed by atoms with E-state index in [0.717, 1.165) is 0 Å². The lowest BCUT2D eigenvalue weighted by atomic mass is 10.3. The van der Waals surface area contributed by atoms with Crippen molar-refractivity contribution >= 4 is 18.2 Å². The largest absolute Gasteiger partial charge is 0.421 e.